The Labute approximate surface area is 108 Å². The minimum absolute atomic E-state index is 0.298. The number of fused-ring (bicyclic) bond motifs is 2. The highest BCUT2D eigenvalue weighted by Crippen LogP contribution is 2.54. The molecule has 2 unspecified atom stereocenters. The van der Waals surface area contributed by atoms with E-state index in [1.165, 1.54) is 24.0 Å². The number of hydrogen-bond acceptors (Lipinski definition) is 2. The highest BCUT2D eigenvalue weighted by Gasteiger charge is 2.54. The van der Waals surface area contributed by atoms with E-state index in [1.807, 2.05) is 6.08 Å². The molecule has 1 spiro atoms. The summed E-state index contributed by atoms with van der Waals surface area (Å²) in [4.78, 5) is 0. The molecule has 94 valence electrons. The van der Waals surface area contributed by atoms with E-state index in [2.05, 4.69) is 24.8 Å². The van der Waals surface area contributed by atoms with Crippen molar-refractivity contribution >= 4 is 5.57 Å². The summed E-state index contributed by atoms with van der Waals surface area (Å²) in [6.07, 6.45) is 8.24. The van der Waals surface area contributed by atoms with E-state index >= 15 is 0 Å². The summed E-state index contributed by atoms with van der Waals surface area (Å²) in [6.45, 7) is 3.81. The first-order valence-electron chi connectivity index (χ1n) is 6.65. The Morgan fingerprint density at radius 1 is 1.44 bits per heavy atom. The third-order valence-corrected chi connectivity index (χ3v) is 4.58. The van der Waals surface area contributed by atoms with Crippen molar-refractivity contribution in [3.8, 4) is 0 Å². The maximum atomic E-state index is 6.15. The molecule has 1 aromatic rings. The van der Waals surface area contributed by atoms with E-state index < -0.39 is 0 Å². The number of nitrogens with two attached hydrogens (primary N) is 2. The van der Waals surface area contributed by atoms with E-state index in [0.29, 0.717) is 11.5 Å². The lowest BCUT2D eigenvalue weighted by molar-refractivity contribution is 0.526. The minimum Gasteiger partial charge on any atom is -0.404 e. The monoisotopic (exact) mass is 240 g/mol. The highest BCUT2D eigenvalue weighted by atomic mass is 14.8. The Morgan fingerprint density at radius 2 is 2.22 bits per heavy atom. The van der Waals surface area contributed by atoms with Crippen LogP contribution in [0.5, 0.6) is 0 Å². The lowest BCUT2D eigenvalue weighted by Gasteiger charge is -2.26. The highest BCUT2D eigenvalue weighted by molar-refractivity contribution is 5.74. The largest absolute Gasteiger partial charge is 0.404 e. The van der Waals surface area contributed by atoms with Gasteiger partial charge in [0.2, 0.25) is 0 Å². The summed E-state index contributed by atoms with van der Waals surface area (Å²) in [7, 11) is 0. The van der Waals surface area contributed by atoms with Crippen LogP contribution in [0.15, 0.2) is 37.1 Å². The molecule has 0 aliphatic heterocycles. The lowest BCUT2D eigenvalue weighted by atomic mass is 9.78. The maximum absolute atomic E-state index is 6.15. The summed E-state index contributed by atoms with van der Waals surface area (Å²) >= 11 is 0. The number of rotatable bonds is 2. The van der Waals surface area contributed by atoms with Gasteiger partial charge in [-0.3, -0.25) is 0 Å². The van der Waals surface area contributed by atoms with Crippen molar-refractivity contribution in [3.63, 3.8) is 0 Å². The van der Waals surface area contributed by atoms with E-state index in [1.54, 1.807) is 6.20 Å². The first-order valence-corrected chi connectivity index (χ1v) is 6.65. The zero-order chi connectivity index (χ0) is 12.8. The Kier molecular flexibility index (Phi) is 2.56. The summed E-state index contributed by atoms with van der Waals surface area (Å²) in [5, 5.41) is 0. The van der Waals surface area contributed by atoms with Gasteiger partial charge in [-0.05, 0) is 47.9 Å². The fraction of sp³-hybridized carbons (Fsp3) is 0.375. The first-order chi connectivity index (χ1) is 8.71. The molecular weight excluding hydrogens is 220 g/mol. The average molecular weight is 240 g/mol. The van der Waals surface area contributed by atoms with Gasteiger partial charge in [-0.25, -0.2) is 0 Å². The molecule has 0 amide bonds. The van der Waals surface area contributed by atoms with Crippen LogP contribution in [0.3, 0.4) is 0 Å². The van der Waals surface area contributed by atoms with Gasteiger partial charge in [0.1, 0.15) is 0 Å². The Morgan fingerprint density at radius 3 is 2.83 bits per heavy atom. The van der Waals surface area contributed by atoms with Gasteiger partial charge in [-0.2, -0.15) is 0 Å². The third-order valence-electron chi connectivity index (χ3n) is 4.58. The lowest BCUT2D eigenvalue weighted by Crippen LogP contribution is -2.24. The molecule has 3 rings (SSSR count). The Balaban J connectivity index is 2.04. The van der Waals surface area contributed by atoms with E-state index in [0.717, 1.165) is 24.0 Å². The second-order valence-corrected chi connectivity index (χ2v) is 5.52. The van der Waals surface area contributed by atoms with Crippen molar-refractivity contribution in [2.45, 2.75) is 37.1 Å². The zero-order valence-corrected chi connectivity index (χ0v) is 10.7. The predicted molar refractivity (Wildman–Crippen MR) is 76.0 cm³/mol. The number of benzene rings is 1. The maximum Gasteiger partial charge on any atom is 0.0146 e. The van der Waals surface area contributed by atoms with Crippen LogP contribution in [0.1, 0.15) is 36.0 Å². The molecule has 2 heteroatoms. The SMILES string of the molecule is C=C/C(=C\N)c1ccc2c(c1)CCCC21CC1N. The smallest absolute Gasteiger partial charge is 0.0146 e. The van der Waals surface area contributed by atoms with Crippen LogP contribution in [0.2, 0.25) is 0 Å². The molecule has 2 atom stereocenters. The Bertz CT molecular complexity index is 530. The van der Waals surface area contributed by atoms with Crippen molar-refractivity contribution in [1.29, 1.82) is 0 Å². The van der Waals surface area contributed by atoms with Crippen molar-refractivity contribution < 1.29 is 0 Å². The molecular formula is C16H20N2. The van der Waals surface area contributed by atoms with Crippen LogP contribution in [0, 0.1) is 0 Å². The van der Waals surface area contributed by atoms with Gasteiger partial charge in [0.15, 0.2) is 0 Å². The number of allylic oxidation sites excluding steroid dienone is 2. The molecule has 4 N–H and O–H groups in total. The van der Waals surface area contributed by atoms with Crippen LogP contribution in [0.25, 0.3) is 5.57 Å². The van der Waals surface area contributed by atoms with Crippen molar-refractivity contribution in [3.05, 3.63) is 53.7 Å². The molecule has 2 aliphatic rings. The molecule has 2 nitrogen and oxygen atoms in total. The van der Waals surface area contributed by atoms with Gasteiger partial charge < -0.3 is 11.5 Å². The van der Waals surface area contributed by atoms with Gasteiger partial charge in [-0.1, -0.05) is 30.9 Å². The quantitative estimate of drug-likeness (QED) is 0.780. The molecule has 0 aromatic heterocycles. The first kappa shape index (κ1) is 11.5. The van der Waals surface area contributed by atoms with Gasteiger partial charge in [0.25, 0.3) is 0 Å². The summed E-state index contributed by atoms with van der Waals surface area (Å²) in [5.74, 6) is 0. The second-order valence-electron chi connectivity index (χ2n) is 5.52. The van der Waals surface area contributed by atoms with Crippen molar-refractivity contribution in [2.24, 2.45) is 11.5 Å². The average Bonchev–Trinajstić information content (AvgIpc) is 3.02. The van der Waals surface area contributed by atoms with Gasteiger partial charge in [-0.15, -0.1) is 0 Å². The van der Waals surface area contributed by atoms with Crippen LogP contribution in [-0.4, -0.2) is 6.04 Å². The van der Waals surface area contributed by atoms with Gasteiger partial charge >= 0.3 is 0 Å². The number of hydrogen-bond donors (Lipinski definition) is 2. The van der Waals surface area contributed by atoms with Crippen molar-refractivity contribution in [2.75, 3.05) is 0 Å². The van der Waals surface area contributed by atoms with Crippen LogP contribution >= 0.6 is 0 Å². The predicted octanol–water partition coefficient (Wildman–Crippen LogP) is 2.48. The molecule has 1 fully saturated rings. The molecule has 2 aliphatic carbocycles. The van der Waals surface area contributed by atoms with Gasteiger partial charge in [0, 0.05) is 17.7 Å². The molecule has 0 heterocycles. The van der Waals surface area contributed by atoms with E-state index in [-0.39, 0.29) is 0 Å². The standard InChI is InChI=1S/C16H20N2/c1-2-11(10-17)12-5-6-14-13(8-12)4-3-7-16(14)9-15(16)18/h2,5-6,8,10,15H,1,3-4,7,9,17-18H2/b11-10+. The third kappa shape index (κ3) is 1.52. The zero-order valence-electron chi connectivity index (χ0n) is 10.7. The minimum atomic E-state index is 0.298. The Hall–Kier alpha value is -1.54. The van der Waals surface area contributed by atoms with Crippen LogP contribution in [-0.2, 0) is 11.8 Å². The molecule has 1 saturated carbocycles. The van der Waals surface area contributed by atoms with Crippen molar-refractivity contribution in [1.82, 2.24) is 0 Å². The van der Waals surface area contributed by atoms with Crippen LogP contribution < -0.4 is 11.5 Å². The fourth-order valence-electron chi connectivity index (χ4n) is 3.41. The fourth-order valence-corrected chi connectivity index (χ4v) is 3.41. The molecule has 18 heavy (non-hydrogen) atoms. The summed E-state index contributed by atoms with van der Waals surface area (Å²) in [5.41, 5.74) is 17.2. The molecule has 1 aromatic carbocycles. The molecule has 0 radical (unpaired) electrons. The van der Waals surface area contributed by atoms with E-state index in [9.17, 15) is 0 Å². The summed E-state index contributed by atoms with van der Waals surface area (Å²) in [6, 6.07) is 7.04. The normalized spacial score (nSPS) is 30.1. The molecule has 0 bridgehead atoms. The van der Waals surface area contributed by atoms with Gasteiger partial charge in [0.05, 0.1) is 0 Å². The summed E-state index contributed by atoms with van der Waals surface area (Å²) < 4.78 is 0. The van der Waals surface area contributed by atoms with E-state index in [4.69, 9.17) is 11.5 Å². The topological polar surface area (TPSA) is 52.0 Å². The van der Waals surface area contributed by atoms with Crippen LogP contribution in [0.4, 0.5) is 0 Å². The number of aryl methyl sites for hydroxylation is 1. The second kappa shape index (κ2) is 3.99. The molecule has 0 saturated heterocycles.